The molecule has 2 aromatic rings. The monoisotopic (exact) mass is 294 g/mol. The highest BCUT2D eigenvalue weighted by Crippen LogP contribution is 2.19. The van der Waals surface area contributed by atoms with Crippen LogP contribution in [0.15, 0.2) is 36.0 Å². The van der Waals surface area contributed by atoms with Gasteiger partial charge in [0.2, 0.25) is 0 Å². The summed E-state index contributed by atoms with van der Waals surface area (Å²) in [6.07, 6.45) is 5.06. The fraction of sp³-hybridized carbons (Fsp3) is 0.400. The number of aromatic nitrogens is 1. The first-order chi connectivity index (χ1) is 9.29. The second kappa shape index (κ2) is 7.63. The molecular formula is C15H19ClN2S. The van der Waals surface area contributed by atoms with Crippen LogP contribution in [-0.2, 0) is 12.8 Å². The molecule has 1 N–H and O–H groups in total. The molecule has 0 saturated carbocycles. The number of halogens is 1. The smallest absolute Gasteiger partial charge is 0.0794 e. The van der Waals surface area contributed by atoms with Crippen LogP contribution in [0.4, 0.5) is 0 Å². The van der Waals surface area contributed by atoms with Crippen LogP contribution in [0.25, 0.3) is 0 Å². The molecule has 0 radical (unpaired) electrons. The average molecular weight is 295 g/mol. The number of thiazole rings is 1. The molecule has 0 aliphatic carbocycles. The molecule has 0 saturated heterocycles. The molecule has 1 aromatic heterocycles. The maximum Gasteiger partial charge on any atom is 0.0794 e. The summed E-state index contributed by atoms with van der Waals surface area (Å²) in [5, 5.41) is 4.46. The zero-order chi connectivity index (χ0) is 13.5. The van der Waals surface area contributed by atoms with Crippen molar-refractivity contribution in [3.63, 3.8) is 0 Å². The first kappa shape index (κ1) is 14.5. The Kier molecular flexibility index (Phi) is 5.83. The van der Waals surface area contributed by atoms with Crippen LogP contribution in [-0.4, -0.2) is 17.6 Å². The minimum atomic E-state index is 0.417. The van der Waals surface area contributed by atoms with Gasteiger partial charge in [-0.25, -0.2) is 0 Å². The van der Waals surface area contributed by atoms with E-state index in [-0.39, 0.29) is 0 Å². The zero-order valence-corrected chi connectivity index (χ0v) is 12.7. The number of rotatable bonds is 7. The third-order valence-electron chi connectivity index (χ3n) is 3.04. The van der Waals surface area contributed by atoms with E-state index < -0.39 is 0 Å². The van der Waals surface area contributed by atoms with E-state index in [0.29, 0.717) is 6.04 Å². The molecule has 0 aliphatic heterocycles. The van der Waals surface area contributed by atoms with E-state index in [2.05, 4.69) is 23.3 Å². The first-order valence-electron chi connectivity index (χ1n) is 6.63. The summed E-state index contributed by atoms with van der Waals surface area (Å²) in [5.41, 5.74) is 3.10. The third-order valence-corrected chi connectivity index (χ3v) is 4.21. The van der Waals surface area contributed by atoms with E-state index in [1.807, 2.05) is 29.9 Å². The largest absolute Gasteiger partial charge is 0.313 e. The Hall–Kier alpha value is -0.900. The summed E-state index contributed by atoms with van der Waals surface area (Å²) in [6.45, 7) is 3.22. The predicted octanol–water partition coefficient (Wildman–Crippen LogP) is 3.95. The maximum absolute atomic E-state index is 6.25. The Morgan fingerprint density at radius 3 is 2.84 bits per heavy atom. The van der Waals surface area contributed by atoms with Gasteiger partial charge in [0.05, 0.1) is 5.51 Å². The van der Waals surface area contributed by atoms with Gasteiger partial charge in [-0.3, -0.25) is 4.98 Å². The molecule has 0 aliphatic rings. The molecule has 0 amide bonds. The minimum absolute atomic E-state index is 0.417. The SMILES string of the molecule is CCCNC(Cc1cncs1)Cc1ccccc1Cl. The molecule has 1 atom stereocenters. The van der Waals surface area contributed by atoms with Gasteiger partial charge in [-0.05, 0) is 37.4 Å². The lowest BCUT2D eigenvalue weighted by Gasteiger charge is -2.18. The number of benzene rings is 1. The van der Waals surface area contributed by atoms with Crippen LogP contribution >= 0.6 is 22.9 Å². The summed E-state index contributed by atoms with van der Waals surface area (Å²) in [7, 11) is 0. The molecule has 19 heavy (non-hydrogen) atoms. The first-order valence-corrected chi connectivity index (χ1v) is 7.89. The maximum atomic E-state index is 6.25. The molecule has 4 heteroatoms. The van der Waals surface area contributed by atoms with Gasteiger partial charge < -0.3 is 5.32 Å². The average Bonchev–Trinajstić information content (AvgIpc) is 2.91. The molecule has 1 aromatic carbocycles. The zero-order valence-electron chi connectivity index (χ0n) is 11.1. The molecule has 2 nitrogen and oxygen atoms in total. The van der Waals surface area contributed by atoms with Gasteiger partial charge in [0.15, 0.2) is 0 Å². The van der Waals surface area contributed by atoms with Crippen molar-refractivity contribution in [2.45, 2.75) is 32.2 Å². The van der Waals surface area contributed by atoms with Gasteiger partial charge in [0.25, 0.3) is 0 Å². The Balaban J connectivity index is 2.03. The topological polar surface area (TPSA) is 24.9 Å². The standard InChI is InChI=1S/C15H19ClN2S/c1-2-7-18-13(9-14-10-17-11-19-14)8-12-5-3-4-6-15(12)16/h3-6,10-11,13,18H,2,7-9H2,1H3. The van der Waals surface area contributed by atoms with Crippen molar-refractivity contribution in [2.24, 2.45) is 0 Å². The summed E-state index contributed by atoms with van der Waals surface area (Å²) in [6, 6.07) is 8.50. The summed E-state index contributed by atoms with van der Waals surface area (Å²) in [4.78, 5) is 5.46. The quantitative estimate of drug-likeness (QED) is 0.836. The predicted molar refractivity (Wildman–Crippen MR) is 83.1 cm³/mol. The highest BCUT2D eigenvalue weighted by molar-refractivity contribution is 7.09. The van der Waals surface area contributed by atoms with Gasteiger partial charge in [-0.1, -0.05) is 36.7 Å². The molecule has 0 bridgehead atoms. The van der Waals surface area contributed by atoms with Crippen molar-refractivity contribution in [2.75, 3.05) is 6.54 Å². The minimum Gasteiger partial charge on any atom is -0.313 e. The number of nitrogens with one attached hydrogen (secondary N) is 1. The Bertz CT molecular complexity index is 485. The third kappa shape index (κ3) is 4.60. The Morgan fingerprint density at radius 1 is 1.32 bits per heavy atom. The molecule has 1 heterocycles. The number of hydrogen-bond acceptors (Lipinski definition) is 3. The van der Waals surface area contributed by atoms with Gasteiger partial charge >= 0.3 is 0 Å². The van der Waals surface area contributed by atoms with Crippen LogP contribution in [0.3, 0.4) is 0 Å². The van der Waals surface area contributed by atoms with Crippen molar-refractivity contribution in [1.29, 1.82) is 0 Å². The second-order valence-electron chi connectivity index (χ2n) is 4.62. The molecule has 102 valence electrons. The van der Waals surface area contributed by atoms with Crippen LogP contribution in [0.2, 0.25) is 5.02 Å². The highest BCUT2D eigenvalue weighted by Gasteiger charge is 2.12. The van der Waals surface area contributed by atoms with Crippen molar-refractivity contribution in [1.82, 2.24) is 10.3 Å². The van der Waals surface area contributed by atoms with Gasteiger partial charge in [-0.2, -0.15) is 0 Å². The lowest BCUT2D eigenvalue weighted by atomic mass is 10.0. The van der Waals surface area contributed by atoms with Gasteiger partial charge in [0, 0.05) is 22.1 Å². The number of nitrogens with zero attached hydrogens (tertiary/aromatic N) is 1. The van der Waals surface area contributed by atoms with Crippen molar-refractivity contribution in [3.8, 4) is 0 Å². The number of hydrogen-bond donors (Lipinski definition) is 1. The molecule has 0 spiro atoms. The van der Waals surface area contributed by atoms with Crippen molar-refractivity contribution < 1.29 is 0 Å². The van der Waals surface area contributed by atoms with Crippen molar-refractivity contribution in [3.05, 3.63) is 51.4 Å². The van der Waals surface area contributed by atoms with Crippen LogP contribution in [0.1, 0.15) is 23.8 Å². The second-order valence-corrected chi connectivity index (χ2v) is 6.00. The summed E-state index contributed by atoms with van der Waals surface area (Å²) in [5.74, 6) is 0. The highest BCUT2D eigenvalue weighted by atomic mass is 35.5. The van der Waals surface area contributed by atoms with E-state index >= 15 is 0 Å². The molecule has 2 rings (SSSR count). The summed E-state index contributed by atoms with van der Waals surface area (Å²) >= 11 is 7.96. The molecule has 0 fully saturated rings. The van der Waals surface area contributed by atoms with Gasteiger partial charge in [-0.15, -0.1) is 11.3 Å². The Morgan fingerprint density at radius 2 is 2.16 bits per heavy atom. The van der Waals surface area contributed by atoms with Crippen molar-refractivity contribution >= 4 is 22.9 Å². The van der Waals surface area contributed by atoms with E-state index in [1.165, 1.54) is 10.4 Å². The van der Waals surface area contributed by atoms with E-state index in [1.54, 1.807) is 11.3 Å². The van der Waals surface area contributed by atoms with Crippen LogP contribution < -0.4 is 5.32 Å². The fourth-order valence-electron chi connectivity index (χ4n) is 2.08. The van der Waals surface area contributed by atoms with Gasteiger partial charge in [0.1, 0.15) is 0 Å². The summed E-state index contributed by atoms with van der Waals surface area (Å²) < 4.78 is 0. The lowest BCUT2D eigenvalue weighted by Crippen LogP contribution is -2.33. The van der Waals surface area contributed by atoms with E-state index in [4.69, 9.17) is 11.6 Å². The van der Waals surface area contributed by atoms with E-state index in [0.717, 1.165) is 30.8 Å². The lowest BCUT2D eigenvalue weighted by molar-refractivity contribution is 0.507. The normalized spacial score (nSPS) is 12.5. The van der Waals surface area contributed by atoms with Crippen LogP contribution in [0.5, 0.6) is 0 Å². The van der Waals surface area contributed by atoms with Crippen LogP contribution in [0, 0.1) is 0 Å². The Labute approximate surface area is 123 Å². The fourth-order valence-corrected chi connectivity index (χ4v) is 2.97. The van der Waals surface area contributed by atoms with E-state index in [9.17, 15) is 0 Å². The molecular weight excluding hydrogens is 276 g/mol. The molecule has 1 unspecified atom stereocenters.